The smallest absolute Gasteiger partial charge is 0.165 e. The Kier molecular flexibility index (Phi) is 4.78. The van der Waals surface area contributed by atoms with E-state index in [1.165, 1.54) is 22.3 Å². The molecule has 1 fully saturated rings. The van der Waals surface area contributed by atoms with Gasteiger partial charge in [-0.05, 0) is 47.8 Å². The molecule has 0 saturated carbocycles. The second-order valence-electron chi connectivity index (χ2n) is 7.09. The fourth-order valence-corrected chi connectivity index (χ4v) is 4.58. The minimum atomic E-state index is -0.0227. The van der Waals surface area contributed by atoms with Gasteiger partial charge in [-0.1, -0.05) is 6.07 Å². The second-order valence-corrected chi connectivity index (χ2v) is 7.09. The van der Waals surface area contributed by atoms with Crippen molar-refractivity contribution < 1.29 is 18.9 Å². The van der Waals surface area contributed by atoms with E-state index in [4.69, 9.17) is 18.9 Å². The summed E-state index contributed by atoms with van der Waals surface area (Å²) in [4.78, 5) is 2.55. The topological polar surface area (TPSA) is 40.2 Å². The molecule has 140 valence electrons. The molecule has 0 N–H and O–H groups in total. The van der Waals surface area contributed by atoms with E-state index in [2.05, 4.69) is 23.1 Å². The van der Waals surface area contributed by atoms with E-state index in [-0.39, 0.29) is 12.2 Å². The molecule has 4 rings (SSSR count). The summed E-state index contributed by atoms with van der Waals surface area (Å²) < 4.78 is 22.4. The number of piperidine rings is 1. The summed E-state index contributed by atoms with van der Waals surface area (Å²) in [7, 11) is 6.91. The van der Waals surface area contributed by atoms with Crippen molar-refractivity contribution in [1.29, 1.82) is 0 Å². The van der Waals surface area contributed by atoms with Crippen LogP contribution in [0.15, 0.2) is 35.4 Å². The molecule has 26 heavy (non-hydrogen) atoms. The van der Waals surface area contributed by atoms with Crippen molar-refractivity contribution in [3.63, 3.8) is 0 Å². The van der Waals surface area contributed by atoms with Gasteiger partial charge in [-0.15, -0.1) is 0 Å². The van der Waals surface area contributed by atoms with Gasteiger partial charge in [0.05, 0.1) is 14.2 Å². The van der Waals surface area contributed by atoms with Crippen molar-refractivity contribution in [2.75, 3.05) is 35.0 Å². The van der Waals surface area contributed by atoms with Gasteiger partial charge in [-0.2, -0.15) is 0 Å². The van der Waals surface area contributed by atoms with Crippen LogP contribution in [0.1, 0.15) is 17.5 Å². The van der Waals surface area contributed by atoms with Gasteiger partial charge in [0.2, 0.25) is 0 Å². The summed E-state index contributed by atoms with van der Waals surface area (Å²) in [6.45, 7) is 1.93. The van der Waals surface area contributed by atoms with E-state index in [1.54, 1.807) is 28.4 Å². The largest absolute Gasteiger partial charge is 0.493 e. The first kappa shape index (κ1) is 17.6. The van der Waals surface area contributed by atoms with E-state index < -0.39 is 0 Å². The van der Waals surface area contributed by atoms with Crippen LogP contribution < -0.4 is 9.47 Å². The average Bonchev–Trinajstić information content (AvgIpc) is 2.70. The van der Waals surface area contributed by atoms with Gasteiger partial charge in [0.1, 0.15) is 12.2 Å². The van der Waals surface area contributed by atoms with Crippen LogP contribution in [0, 0.1) is 0 Å². The highest BCUT2D eigenvalue weighted by atomic mass is 16.5. The van der Waals surface area contributed by atoms with Gasteiger partial charge in [-0.25, -0.2) is 0 Å². The van der Waals surface area contributed by atoms with E-state index in [9.17, 15) is 0 Å². The van der Waals surface area contributed by atoms with Crippen LogP contribution in [0.5, 0.6) is 11.5 Å². The van der Waals surface area contributed by atoms with Crippen LogP contribution in [-0.4, -0.2) is 58.1 Å². The van der Waals surface area contributed by atoms with Crippen LogP contribution >= 0.6 is 0 Å². The monoisotopic (exact) mass is 357 g/mol. The SMILES string of the molecule is COc1ccc2c(c1OC)CN1CCC3=CC(OC)C(OC)C=C3[C@H]1C2. The molecule has 0 amide bonds. The van der Waals surface area contributed by atoms with Crippen molar-refractivity contribution in [3.05, 3.63) is 46.6 Å². The number of fused-ring (bicyclic) bond motifs is 4. The first-order valence-electron chi connectivity index (χ1n) is 9.15. The predicted molar refractivity (Wildman–Crippen MR) is 99.8 cm³/mol. The Hall–Kier alpha value is -1.82. The summed E-state index contributed by atoms with van der Waals surface area (Å²) >= 11 is 0. The number of hydrogen-bond acceptors (Lipinski definition) is 5. The highest BCUT2D eigenvalue weighted by Crippen LogP contribution is 2.43. The maximum Gasteiger partial charge on any atom is 0.165 e. The molecule has 5 nitrogen and oxygen atoms in total. The molecule has 0 aromatic heterocycles. The number of nitrogens with zero attached hydrogens (tertiary/aromatic N) is 1. The van der Waals surface area contributed by atoms with Crippen molar-refractivity contribution >= 4 is 0 Å². The Labute approximate surface area is 155 Å². The zero-order valence-electron chi connectivity index (χ0n) is 16.0. The van der Waals surface area contributed by atoms with Gasteiger partial charge in [0.15, 0.2) is 11.5 Å². The van der Waals surface area contributed by atoms with Crippen molar-refractivity contribution in [2.45, 2.75) is 37.6 Å². The van der Waals surface area contributed by atoms with Gasteiger partial charge in [0.25, 0.3) is 0 Å². The molecule has 5 heteroatoms. The van der Waals surface area contributed by atoms with E-state index in [0.29, 0.717) is 6.04 Å². The zero-order chi connectivity index (χ0) is 18.3. The lowest BCUT2D eigenvalue weighted by Crippen LogP contribution is -2.47. The molecule has 2 unspecified atom stereocenters. The quantitative estimate of drug-likeness (QED) is 0.829. The third-order valence-electron chi connectivity index (χ3n) is 5.94. The summed E-state index contributed by atoms with van der Waals surface area (Å²) in [5.41, 5.74) is 5.41. The zero-order valence-corrected chi connectivity index (χ0v) is 16.0. The van der Waals surface area contributed by atoms with E-state index >= 15 is 0 Å². The lowest BCUT2D eigenvalue weighted by atomic mass is 9.78. The molecule has 3 aliphatic rings. The molecule has 0 bridgehead atoms. The maximum absolute atomic E-state index is 5.67. The van der Waals surface area contributed by atoms with Gasteiger partial charge in [-0.3, -0.25) is 4.90 Å². The molecule has 0 radical (unpaired) electrons. The molecule has 2 heterocycles. The highest BCUT2D eigenvalue weighted by molar-refractivity contribution is 5.54. The van der Waals surface area contributed by atoms with E-state index in [1.807, 2.05) is 6.07 Å². The first-order valence-corrected chi connectivity index (χ1v) is 9.15. The van der Waals surface area contributed by atoms with Crippen LogP contribution in [-0.2, 0) is 22.4 Å². The predicted octanol–water partition coefficient (Wildman–Crippen LogP) is 2.73. The Balaban J connectivity index is 1.70. The van der Waals surface area contributed by atoms with Crippen LogP contribution in [0.25, 0.3) is 0 Å². The summed E-state index contributed by atoms with van der Waals surface area (Å²) in [6.07, 6.45) is 6.53. The van der Waals surface area contributed by atoms with E-state index in [0.717, 1.165) is 37.4 Å². The molecule has 1 saturated heterocycles. The molecule has 1 aromatic carbocycles. The molecule has 1 aromatic rings. The van der Waals surface area contributed by atoms with Crippen molar-refractivity contribution in [3.8, 4) is 11.5 Å². The minimum Gasteiger partial charge on any atom is -0.493 e. The number of ether oxygens (including phenoxy) is 4. The summed E-state index contributed by atoms with van der Waals surface area (Å²) in [5, 5.41) is 0. The number of rotatable bonds is 4. The van der Waals surface area contributed by atoms with Crippen molar-refractivity contribution in [1.82, 2.24) is 4.90 Å². The van der Waals surface area contributed by atoms with Gasteiger partial charge < -0.3 is 18.9 Å². The Morgan fingerprint density at radius 2 is 1.73 bits per heavy atom. The van der Waals surface area contributed by atoms with Gasteiger partial charge >= 0.3 is 0 Å². The molecule has 0 spiro atoms. The standard InChI is InChI=1S/C21H27NO4/c1-23-18-6-5-13-9-17-15-11-20(25-3)19(24-2)10-14(15)7-8-22(17)12-16(13)21(18)26-4/h5-6,10-11,17,19-20H,7-9,12H2,1-4H3/t17-,19?,20?/m1/s1. The fraction of sp³-hybridized carbons (Fsp3) is 0.524. The summed E-state index contributed by atoms with van der Waals surface area (Å²) in [6, 6.07) is 4.58. The Morgan fingerprint density at radius 3 is 2.42 bits per heavy atom. The molecule has 1 aliphatic carbocycles. The second kappa shape index (κ2) is 7.06. The third kappa shape index (κ3) is 2.75. The number of hydrogen-bond donors (Lipinski definition) is 0. The van der Waals surface area contributed by atoms with Crippen molar-refractivity contribution in [2.24, 2.45) is 0 Å². The molecular formula is C21H27NO4. The Morgan fingerprint density at radius 1 is 0.962 bits per heavy atom. The van der Waals surface area contributed by atoms with Gasteiger partial charge in [0, 0.05) is 38.9 Å². The minimum absolute atomic E-state index is 0.00512. The first-order chi connectivity index (χ1) is 12.7. The highest BCUT2D eigenvalue weighted by Gasteiger charge is 2.38. The van der Waals surface area contributed by atoms with Crippen LogP contribution in [0.2, 0.25) is 0 Å². The van der Waals surface area contributed by atoms with Crippen LogP contribution in [0.3, 0.4) is 0 Å². The maximum atomic E-state index is 5.67. The summed E-state index contributed by atoms with van der Waals surface area (Å²) in [5.74, 6) is 1.68. The molecule has 3 atom stereocenters. The third-order valence-corrected chi connectivity index (χ3v) is 5.94. The molecule has 2 aliphatic heterocycles. The molecular weight excluding hydrogens is 330 g/mol. The van der Waals surface area contributed by atoms with Crippen LogP contribution in [0.4, 0.5) is 0 Å². The number of benzene rings is 1. The number of methoxy groups -OCH3 is 4. The fourth-order valence-electron chi connectivity index (χ4n) is 4.58. The average molecular weight is 357 g/mol. The lowest BCUT2D eigenvalue weighted by molar-refractivity contribution is 0.0110. The lowest BCUT2D eigenvalue weighted by Gasteiger charge is -2.45. The normalized spacial score (nSPS) is 27.6. The Bertz CT molecular complexity index is 755.